The Hall–Kier alpha value is -2.13. The first kappa shape index (κ1) is 21.6. The molecule has 3 N–H and O–H groups in total. The van der Waals surface area contributed by atoms with E-state index in [-0.39, 0.29) is 18.0 Å². The summed E-state index contributed by atoms with van der Waals surface area (Å²) < 4.78 is 24.7. The number of sulfonamides is 1. The molecule has 2 aliphatic rings. The molecule has 0 spiro atoms. The van der Waals surface area contributed by atoms with Gasteiger partial charge in [-0.2, -0.15) is 0 Å². The number of nitrogens with zero attached hydrogens (tertiary/aromatic N) is 1. The Morgan fingerprint density at radius 2 is 1.72 bits per heavy atom. The maximum Gasteiger partial charge on any atom is 0.315 e. The molecule has 0 unspecified atom stereocenters. The van der Waals surface area contributed by atoms with Gasteiger partial charge in [-0.1, -0.05) is 43.2 Å². The number of hydrogen-bond donors (Lipinski definition) is 3. The van der Waals surface area contributed by atoms with Crippen LogP contribution in [0.1, 0.15) is 44.1 Å². The summed E-state index contributed by atoms with van der Waals surface area (Å²) in [6, 6.07) is 9.18. The topological polar surface area (TPSA) is 108 Å². The second-order valence-corrected chi connectivity index (χ2v) is 9.97. The molecule has 1 saturated carbocycles. The van der Waals surface area contributed by atoms with Crippen LogP contribution in [0.25, 0.3) is 0 Å². The molecule has 0 radical (unpaired) electrons. The van der Waals surface area contributed by atoms with Crippen LogP contribution in [-0.2, 0) is 21.4 Å². The Morgan fingerprint density at radius 3 is 2.31 bits per heavy atom. The number of urea groups is 1. The van der Waals surface area contributed by atoms with Gasteiger partial charge >= 0.3 is 6.03 Å². The molecule has 1 aliphatic carbocycles. The fourth-order valence-electron chi connectivity index (χ4n) is 4.08. The molecule has 0 atom stereocenters. The maximum atomic E-state index is 13.0. The van der Waals surface area contributed by atoms with E-state index in [1.807, 2.05) is 30.3 Å². The second kappa shape index (κ2) is 9.13. The third-order valence-corrected chi connectivity index (χ3v) is 7.10. The molecule has 0 bridgehead atoms. The first-order valence-corrected chi connectivity index (χ1v) is 12.0. The van der Waals surface area contributed by atoms with Crippen molar-refractivity contribution >= 4 is 22.0 Å². The lowest BCUT2D eigenvalue weighted by Gasteiger charge is -2.34. The number of nitrogens with one attached hydrogen (secondary N) is 3. The molecular formula is C20H30N4O4S. The van der Waals surface area contributed by atoms with E-state index >= 15 is 0 Å². The van der Waals surface area contributed by atoms with Gasteiger partial charge in [0.25, 0.3) is 0 Å². The number of carbonyl (C=O) groups is 2. The lowest BCUT2D eigenvalue weighted by Crippen LogP contribution is -2.61. The number of benzene rings is 1. The first-order valence-electron chi connectivity index (χ1n) is 10.1. The highest BCUT2D eigenvalue weighted by molar-refractivity contribution is 7.88. The molecule has 1 aromatic rings. The van der Waals surface area contributed by atoms with Gasteiger partial charge in [0.15, 0.2) is 0 Å². The van der Waals surface area contributed by atoms with Crippen LogP contribution in [-0.4, -0.2) is 55.6 Å². The average Bonchev–Trinajstić information content (AvgIpc) is 3.17. The molecule has 29 heavy (non-hydrogen) atoms. The summed E-state index contributed by atoms with van der Waals surface area (Å²) in [4.78, 5) is 25.5. The Balaban J connectivity index is 1.54. The van der Waals surface area contributed by atoms with Crippen LogP contribution in [0.3, 0.4) is 0 Å². The van der Waals surface area contributed by atoms with E-state index in [4.69, 9.17) is 0 Å². The van der Waals surface area contributed by atoms with Gasteiger partial charge in [-0.25, -0.2) is 17.5 Å². The highest BCUT2D eigenvalue weighted by Gasteiger charge is 2.43. The van der Waals surface area contributed by atoms with Crippen molar-refractivity contribution in [2.24, 2.45) is 0 Å². The molecule has 9 heteroatoms. The van der Waals surface area contributed by atoms with Crippen molar-refractivity contribution in [2.45, 2.75) is 56.7 Å². The highest BCUT2D eigenvalue weighted by atomic mass is 32.2. The summed E-state index contributed by atoms with van der Waals surface area (Å²) in [5.74, 6) is -0.164. The Labute approximate surface area is 172 Å². The van der Waals surface area contributed by atoms with Crippen LogP contribution in [0.5, 0.6) is 0 Å². The van der Waals surface area contributed by atoms with Crippen LogP contribution in [0.2, 0.25) is 0 Å². The van der Waals surface area contributed by atoms with E-state index in [1.165, 1.54) is 10.6 Å². The third kappa shape index (κ3) is 5.70. The fraction of sp³-hybridized carbons (Fsp3) is 0.600. The minimum atomic E-state index is -3.20. The molecule has 1 aliphatic heterocycles. The standard InChI is InChI=1S/C20H30N4O4S/c1-29(27,28)24-13-9-17(10-14-24)22-18(25)20(11-5-6-12-20)23-19(26)21-15-16-7-3-2-4-8-16/h2-4,7-8,17H,5-6,9-15H2,1H3,(H,22,25)(H2,21,23,26). The molecule has 1 saturated heterocycles. The molecular weight excluding hydrogens is 392 g/mol. The number of piperidine rings is 1. The van der Waals surface area contributed by atoms with E-state index in [9.17, 15) is 18.0 Å². The van der Waals surface area contributed by atoms with Crippen LogP contribution in [0.4, 0.5) is 4.79 Å². The Bertz CT molecular complexity index is 814. The highest BCUT2D eigenvalue weighted by Crippen LogP contribution is 2.30. The lowest BCUT2D eigenvalue weighted by molar-refractivity contribution is -0.128. The van der Waals surface area contributed by atoms with E-state index in [2.05, 4.69) is 16.0 Å². The summed E-state index contributed by atoms with van der Waals surface area (Å²) in [6.07, 6.45) is 5.36. The molecule has 3 amide bonds. The number of carbonyl (C=O) groups excluding carboxylic acids is 2. The zero-order valence-electron chi connectivity index (χ0n) is 16.8. The molecule has 3 rings (SSSR count). The van der Waals surface area contributed by atoms with Crippen LogP contribution >= 0.6 is 0 Å². The Kier molecular flexibility index (Phi) is 6.79. The quantitative estimate of drug-likeness (QED) is 0.643. The van der Waals surface area contributed by atoms with Crippen LogP contribution in [0, 0.1) is 0 Å². The lowest BCUT2D eigenvalue weighted by atomic mass is 9.95. The van der Waals surface area contributed by atoms with Gasteiger partial charge in [0.05, 0.1) is 6.26 Å². The molecule has 1 aromatic carbocycles. The van der Waals surface area contributed by atoms with Gasteiger partial charge < -0.3 is 16.0 Å². The maximum absolute atomic E-state index is 13.0. The van der Waals surface area contributed by atoms with Crippen molar-refractivity contribution in [1.82, 2.24) is 20.3 Å². The first-order chi connectivity index (χ1) is 13.8. The smallest absolute Gasteiger partial charge is 0.315 e. The predicted octanol–water partition coefficient (Wildman–Crippen LogP) is 1.34. The van der Waals surface area contributed by atoms with Gasteiger partial charge in [0.1, 0.15) is 5.54 Å². The zero-order chi connectivity index (χ0) is 20.9. The van der Waals surface area contributed by atoms with Crippen molar-refractivity contribution < 1.29 is 18.0 Å². The monoisotopic (exact) mass is 422 g/mol. The van der Waals surface area contributed by atoms with Crippen molar-refractivity contribution in [3.8, 4) is 0 Å². The summed E-state index contributed by atoms with van der Waals surface area (Å²) in [6.45, 7) is 1.21. The van der Waals surface area contributed by atoms with E-state index in [0.717, 1.165) is 18.4 Å². The second-order valence-electron chi connectivity index (χ2n) is 7.99. The third-order valence-electron chi connectivity index (χ3n) is 5.80. The van der Waals surface area contributed by atoms with Crippen LogP contribution < -0.4 is 16.0 Å². The van der Waals surface area contributed by atoms with Gasteiger partial charge in [-0.15, -0.1) is 0 Å². The van der Waals surface area contributed by atoms with Crippen LogP contribution in [0.15, 0.2) is 30.3 Å². The van der Waals surface area contributed by atoms with Gasteiger partial charge in [-0.05, 0) is 31.2 Å². The van der Waals surface area contributed by atoms with Gasteiger partial charge in [-0.3, -0.25) is 4.79 Å². The minimum absolute atomic E-state index is 0.0767. The summed E-state index contributed by atoms with van der Waals surface area (Å²) in [5, 5.41) is 8.79. The van der Waals surface area contributed by atoms with Crippen molar-refractivity contribution in [3.63, 3.8) is 0 Å². The van der Waals surface area contributed by atoms with Gasteiger partial charge in [0.2, 0.25) is 15.9 Å². The predicted molar refractivity (Wildman–Crippen MR) is 111 cm³/mol. The SMILES string of the molecule is CS(=O)(=O)N1CCC(NC(=O)C2(NC(=O)NCc3ccccc3)CCCC2)CC1. The van der Waals surface area contributed by atoms with E-state index in [1.54, 1.807) is 0 Å². The molecule has 8 nitrogen and oxygen atoms in total. The van der Waals surface area contributed by atoms with E-state index in [0.29, 0.717) is 45.3 Å². The largest absolute Gasteiger partial charge is 0.351 e. The summed E-state index contributed by atoms with van der Waals surface area (Å²) in [5.41, 5.74) is 0.0968. The number of hydrogen-bond acceptors (Lipinski definition) is 4. The average molecular weight is 423 g/mol. The summed E-state index contributed by atoms with van der Waals surface area (Å²) in [7, 11) is -3.20. The van der Waals surface area contributed by atoms with E-state index < -0.39 is 15.6 Å². The Morgan fingerprint density at radius 1 is 1.10 bits per heavy atom. The van der Waals surface area contributed by atoms with Crippen molar-refractivity contribution in [1.29, 1.82) is 0 Å². The van der Waals surface area contributed by atoms with Crippen molar-refractivity contribution in [3.05, 3.63) is 35.9 Å². The normalized spacial score (nSPS) is 20.2. The van der Waals surface area contributed by atoms with Gasteiger partial charge in [0, 0.05) is 25.7 Å². The fourth-order valence-corrected chi connectivity index (χ4v) is 4.96. The summed E-state index contributed by atoms with van der Waals surface area (Å²) >= 11 is 0. The molecule has 0 aromatic heterocycles. The number of amides is 3. The zero-order valence-corrected chi connectivity index (χ0v) is 17.6. The minimum Gasteiger partial charge on any atom is -0.351 e. The molecule has 2 fully saturated rings. The molecule has 160 valence electrons. The van der Waals surface area contributed by atoms with Crippen molar-refractivity contribution in [2.75, 3.05) is 19.3 Å². The number of rotatable bonds is 6. The molecule has 1 heterocycles.